The zero-order valence-electron chi connectivity index (χ0n) is 18.9. The number of carboxylic acids is 1. The van der Waals surface area contributed by atoms with Crippen molar-refractivity contribution in [2.45, 2.75) is 25.2 Å². The average Bonchev–Trinajstić information content (AvgIpc) is 3.43. The molecule has 7 nitrogen and oxygen atoms in total. The van der Waals surface area contributed by atoms with Gasteiger partial charge in [-0.3, -0.25) is 9.59 Å². The summed E-state index contributed by atoms with van der Waals surface area (Å²) in [6.07, 6.45) is 7.05. The number of aliphatic carboxylic acids is 1. The minimum Gasteiger partial charge on any atom is -0.480 e. The average molecular weight is 461 g/mol. The molecule has 0 unspecified atom stereocenters. The van der Waals surface area contributed by atoms with Gasteiger partial charge in [0.25, 0.3) is 0 Å². The topological polar surface area (TPSA) is 95.9 Å². The molecule has 0 saturated heterocycles. The van der Waals surface area contributed by atoms with Crippen LogP contribution in [0.5, 0.6) is 0 Å². The fraction of sp³-hybridized carbons (Fsp3) is 0.370. The van der Waals surface area contributed by atoms with Gasteiger partial charge in [-0.05, 0) is 41.0 Å². The lowest BCUT2D eigenvalue weighted by molar-refractivity contribution is -0.146. The van der Waals surface area contributed by atoms with E-state index < -0.39 is 18.6 Å². The van der Waals surface area contributed by atoms with E-state index in [1.54, 1.807) is 0 Å². The molecular weight excluding hydrogens is 432 g/mol. The van der Waals surface area contributed by atoms with E-state index in [9.17, 15) is 14.4 Å². The Bertz CT molecular complexity index is 1080. The van der Waals surface area contributed by atoms with E-state index in [-0.39, 0.29) is 36.8 Å². The van der Waals surface area contributed by atoms with E-state index in [0.717, 1.165) is 35.1 Å². The molecule has 176 valence electrons. The maximum atomic E-state index is 12.9. The SMILES string of the molecule is C#CCN(CC(=O)O)C(=O)[C@H]1CCC[C@H]1CNC(=O)OCC1c2ccccc2-c2ccccc21. The summed E-state index contributed by atoms with van der Waals surface area (Å²) >= 11 is 0. The molecule has 0 radical (unpaired) electrons. The van der Waals surface area contributed by atoms with E-state index in [0.29, 0.717) is 13.0 Å². The summed E-state index contributed by atoms with van der Waals surface area (Å²) in [6.45, 7) is 0.0473. The number of carbonyl (C=O) groups excluding carboxylic acids is 2. The molecule has 2 aromatic carbocycles. The highest BCUT2D eigenvalue weighted by molar-refractivity contribution is 5.84. The molecule has 0 aliphatic heterocycles. The predicted molar refractivity (Wildman–Crippen MR) is 127 cm³/mol. The van der Waals surface area contributed by atoms with Gasteiger partial charge in [-0.25, -0.2) is 4.79 Å². The molecule has 34 heavy (non-hydrogen) atoms. The summed E-state index contributed by atoms with van der Waals surface area (Å²) in [7, 11) is 0. The van der Waals surface area contributed by atoms with Crippen LogP contribution in [0.2, 0.25) is 0 Å². The molecule has 2 aliphatic rings. The number of amides is 2. The van der Waals surface area contributed by atoms with Gasteiger partial charge in [-0.1, -0.05) is 60.9 Å². The first kappa shape index (κ1) is 23.4. The second kappa shape index (κ2) is 10.4. The summed E-state index contributed by atoms with van der Waals surface area (Å²) in [5.41, 5.74) is 4.62. The number of benzene rings is 2. The van der Waals surface area contributed by atoms with Gasteiger partial charge in [0, 0.05) is 18.4 Å². The van der Waals surface area contributed by atoms with Gasteiger partial charge >= 0.3 is 12.1 Å². The number of nitrogens with zero attached hydrogens (tertiary/aromatic N) is 1. The number of carbonyl (C=O) groups is 3. The molecular formula is C27H28N2O5. The summed E-state index contributed by atoms with van der Waals surface area (Å²) in [6, 6.07) is 16.3. The monoisotopic (exact) mass is 460 g/mol. The molecule has 2 amide bonds. The lowest BCUT2D eigenvalue weighted by atomic mass is 9.94. The molecule has 0 heterocycles. The number of hydrogen-bond acceptors (Lipinski definition) is 4. The third-order valence-electron chi connectivity index (χ3n) is 6.75. The quantitative estimate of drug-likeness (QED) is 0.588. The van der Waals surface area contributed by atoms with Crippen molar-refractivity contribution in [1.82, 2.24) is 10.2 Å². The Morgan fingerprint density at radius 2 is 1.71 bits per heavy atom. The van der Waals surface area contributed by atoms with Crippen molar-refractivity contribution in [3.8, 4) is 23.5 Å². The van der Waals surface area contributed by atoms with Crippen molar-refractivity contribution in [2.75, 3.05) is 26.2 Å². The zero-order valence-corrected chi connectivity index (χ0v) is 18.9. The minimum atomic E-state index is -1.10. The third-order valence-corrected chi connectivity index (χ3v) is 6.75. The highest BCUT2D eigenvalue weighted by Crippen LogP contribution is 2.44. The minimum absolute atomic E-state index is 0.0210. The first-order valence-electron chi connectivity index (χ1n) is 11.5. The molecule has 0 bridgehead atoms. The smallest absolute Gasteiger partial charge is 0.407 e. The van der Waals surface area contributed by atoms with Crippen molar-refractivity contribution in [1.29, 1.82) is 0 Å². The fourth-order valence-electron chi connectivity index (χ4n) is 5.19. The lowest BCUT2D eigenvalue weighted by Gasteiger charge is -2.26. The number of hydrogen-bond donors (Lipinski definition) is 2. The van der Waals surface area contributed by atoms with Gasteiger partial charge in [0.05, 0.1) is 6.54 Å². The molecule has 7 heteroatoms. The Labute approximate surface area is 199 Å². The van der Waals surface area contributed by atoms with Crippen LogP contribution in [0, 0.1) is 24.2 Å². The van der Waals surface area contributed by atoms with E-state index in [2.05, 4.69) is 35.5 Å². The summed E-state index contributed by atoms with van der Waals surface area (Å²) in [5.74, 6) is 0.522. The van der Waals surface area contributed by atoms with Crippen LogP contribution in [-0.2, 0) is 14.3 Å². The summed E-state index contributed by atoms with van der Waals surface area (Å²) in [4.78, 5) is 37.7. The van der Waals surface area contributed by atoms with Gasteiger partial charge in [0.15, 0.2) is 0 Å². The van der Waals surface area contributed by atoms with E-state index >= 15 is 0 Å². The Hall–Kier alpha value is -3.79. The van der Waals surface area contributed by atoms with E-state index in [1.165, 1.54) is 4.90 Å². The van der Waals surface area contributed by atoms with Crippen LogP contribution in [0.1, 0.15) is 36.3 Å². The molecule has 2 aliphatic carbocycles. The van der Waals surface area contributed by atoms with Gasteiger partial charge in [-0.15, -0.1) is 6.42 Å². The van der Waals surface area contributed by atoms with Crippen molar-refractivity contribution in [3.05, 3.63) is 59.7 Å². The Morgan fingerprint density at radius 1 is 1.06 bits per heavy atom. The van der Waals surface area contributed by atoms with Crippen molar-refractivity contribution in [2.24, 2.45) is 11.8 Å². The van der Waals surface area contributed by atoms with Crippen molar-refractivity contribution < 1.29 is 24.2 Å². The largest absolute Gasteiger partial charge is 0.480 e. The van der Waals surface area contributed by atoms with Gasteiger partial charge in [0.1, 0.15) is 13.2 Å². The number of alkyl carbamates (subject to hydrolysis) is 1. The highest BCUT2D eigenvalue weighted by atomic mass is 16.5. The Kier molecular flexibility index (Phi) is 7.17. The van der Waals surface area contributed by atoms with Crippen molar-refractivity contribution >= 4 is 18.0 Å². The number of rotatable bonds is 8. The molecule has 2 aromatic rings. The van der Waals surface area contributed by atoms with Gasteiger partial charge in [-0.2, -0.15) is 0 Å². The first-order chi connectivity index (χ1) is 16.5. The highest BCUT2D eigenvalue weighted by Gasteiger charge is 2.36. The molecule has 2 N–H and O–H groups in total. The number of nitrogens with one attached hydrogen (secondary N) is 1. The standard InChI is InChI=1S/C27H28N2O5/c1-2-14-29(16-25(30)31)26(32)19-13-7-8-18(19)15-28-27(33)34-17-24-22-11-5-3-9-20(22)21-10-4-6-12-23(21)24/h1,3-6,9-12,18-19,24H,7-8,13-17H2,(H,28,33)(H,30,31)/t18-,19-/m0/s1. The van der Waals surface area contributed by atoms with E-state index in [4.69, 9.17) is 16.3 Å². The maximum absolute atomic E-state index is 12.9. The Balaban J connectivity index is 1.33. The van der Waals surface area contributed by atoms with Gasteiger partial charge in [0.2, 0.25) is 5.91 Å². The maximum Gasteiger partial charge on any atom is 0.407 e. The molecule has 1 saturated carbocycles. The lowest BCUT2D eigenvalue weighted by Crippen LogP contribution is -2.43. The van der Waals surface area contributed by atoms with Crippen LogP contribution in [0.25, 0.3) is 11.1 Å². The van der Waals surface area contributed by atoms with Crippen LogP contribution in [0.15, 0.2) is 48.5 Å². The number of terminal acetylenes is 1. The third kappa shape index (κ3) is 4.91. The zero-order chi connectivity index (χ0) is 24.1. The first-order valence-corrected chi connectivity index (χ1v) is 11.5. The fourth-order valence-corrected chi connectivity index (χ4v) is 5.19. The van der Waals surface area contributed by atoms with Gasteiger partial charge < -0.3 is 20.1 Å². The summed E-state index contributed by atoms with van der Waals surface area (Å²) in [5, 5.41) is 11.9. The summed E-state index contributed by atoms with van der Waals surface area (Å²) < 4.78 is 5.58. The molecule has 0 aromatic heterocycles. The second-order valence-electron chi connectivity index (χ2n) is 8.80. The van der Waals surface area contributed by atoms with Crippen LogP contribution in [0.3, 0.4) is 0 Å². The number of carboxylic acid groups (broad SMARTS) is 1. The number of ether oxygens (including phenoxy) is 1. The Morgan fingerprint density at radius 3 is 2.32 bits per heavy atom. The molecule has 0 spiro atoms. The number of fused-ring (bicyclic) bond motifs is 3. The predicted octanol–water partition coefficient (Wildman–Crippen LogP) is 3.49. The van der Waals surface area contributed by atoms with Crippen LogP contribution in [-0.4, -0.2) is 54.2 Å². The molecule has 4 rings (SSSR count). The van der Waals surface area contributed by atoms with Crippen LogP contribution >= 0.6 is 0 Å². The second-order valence-corrected chi connectivity index (χ2v) is 8.80. The normalized spacial score (nSPS) is 18.4. The molecule has 1 fully saturated rings. The van der Waals surface area contributed by atoms with Crippen molar-refractivity contribution in [3.63, 3.8) is 0 Å². The van der Waals surface area contributed by atoms with Crippen LogP contribution in [0.4, 0.5) is 4.79 Å². The molecule has 2 atom stereocenters. The van der Waals surface area contributed by atoms with Crippen LogP contribution < -0.4 is 5.32 Å². The van der Waals surface area contributed by atoms with E-state index in [1.807, 2.05) is 24.3 Å².